The predicted molar refractivity (Wildman–Crippen MR) is 117 cm³/mol. The van der Waals surface area contributed by atoms with Gasteiger partial charge in [0.25, 0.3) is 5.91 Å². The Bertz CT molecular complexity index is 1130. The summed E-state index contributed by atoms with van der Waals surface area (Å²) in [5, 5.41) is 7.26. The molecule has 0 radical (unpaired) electrons. The van der Waals surface area contributed by atoms with Crippen LogP contribution in [0.4, 0.5) is 5.69 Å². The summed E-state index contributed by atoms with van der Waals surface area (Å²) in [5.41, 5.74) is 18.7. The van der Waals surface area contributed by atoms with Crippen molar-refractivity contribution in [3.05, 3.63) is 74.5 Å². The second-order valence-corrected chi connectivity index (χ2v) is 7.07. The molecule has 1 fully saturated rings. The zero-order valence-corrected chi connectivity index (χ0v) is 18.0. The number of hydrogen-bond donors (Lipinski definition) is 0. The Hall–Kier alpha value is -4.40. The van der Waals surface area contributed by atoms with Crippen LogP contribution in [-0.4, -0.2) is 49.6 Å². The van der Waals surface area contributed by atoms with Gasteiger partial charge in [-0.1, -0.05) is 40.6 Å². The molecule has 170 valence electrons. The molecule has 3 rings (SSSR count). The van der Waals surface area contributed by atoms with E-state index in [0.29, 0.717) is 0 Å². The van der Waals surface area contributed by atoms with E-state index in [2.05, 4.69) is 20.1 Å². The predicted octanol–water partition coefficient (Wildman–Crippen LogP) is 4.28. The first-order valence-corrected chi connectivity index (χ1v) is 9.89. The number of esters is 1. The lowest BCUT2D eigenvalue weighted by atomic mass is 10.1. The quantitative estimate of drug-likeness (QED) is 0.253. The Morgan fingerprint density at radius 1 is 1.12 bits per heavy atom. The lowest BCUT2D eigenvalue weighted by molar-refractivity contribution is -0.145. The fourth-order valence-corrected chi connectivity index (χ4v) is 3.57. The first-order valence-electron chi connectivity index (χ1n) is 9.89. The van der Waals surface area contributed by atoms with Crippen LogP contribution in [-0.2, 0) is 16.1 Å². The van der Waals surface area contributed by atoms with Crippen LogP contribution in [0.15, 0.2) is 52.7 Å². The molecule has 0 aliphatic carbocycles. The van der Waals surface area contributed by atoms with Crippen molar-refractivity contribution in [2.75, 3.05) is 20.8 Å². The maximum absolute atomic E-state index is 13.4. The van der Waals surface area contributed by atoms with Crippen molar-refractivity contribution in [3.63, 3.8) is 0 Å². The van der Waals surface area contributed by atoms with Gasteiger partial charge in [0.2, 0.25) is 0 Å². The number of hydrogen-bond acceptors (Lipinski definition) is 7. The number of azide groups is 2. The molecular formula is C21H21N7O5. The monoisotopic (exact) mass is 451 g/mol. The molecule has 2 atom stereocenters. The summed E-state index contributed by atoms with van der Waals surface area (Å²) in [6.07, 6.45) is 0.120. The highest BCUT2D eigenvalue weighted by molar-refractivity contribution is 6.02. The van der Waals surface area contributed by atoms with E-state index in [1.54, 1.807) is 0 Å². The van der Waals surface area contributed by atoms with E-state index in [1.807, 2.05) is 30.3 Å². The zero-order valence-electron chi connectivity index (χ0n) is 18.0. The molecule has 12 nitrogen and oxygen atoms in total. The van der Waals surface area contributed by atoms with Gasteiger partial charge < -0.3 is 19.1 Å². The van der Waals surface area contributed by atoms with Crippen LogP contribution in [0.25, 0.3) is 20.9 Å². The topological polar surface area (TPSA) is 163 Å². The molecule has 0 saturated carbocycles. The fourth-order valence-electron chi connectivity index (χ4n) is 3.57. The summed E-state index contributed by atoms with van der Waals surface area (Å²) in [7, 11) is 2.62. The number of nitrogens with zero attached hydrogens (tertiary/aromatic N) is 7. The zero-order chi connectivity index (χ0) is 23.8. The van der Waals surface area contributed by atoms with Crippen molar-refractivity contribution >= 4 is 17.6 Å². The van der Waals surface area contributed by atoms with Crippen molar-refractivity contribution < 1.29 is 23.8 Å². The van der Waals surface area contributed by atoms with E-state index < -0.39 is 24.0 Å². The van der Waals surface area contributed by atoms with Crippen LogP contribution < -0.4 is 9.47 Å². The number of likely N-dealkylation sites (tertiary alicyclic amines) is 1. The van der Waals surface area contributed by atoms with Crippen LogP contribution >= 0.6 is 0 Å². The van der Waals surface area contributed by atoms with Crippen LogP contribution in [0.1, 0.15) is 22.3 Å². The molecule has 33 heavy (non-hydrogen) atoms. The number of benzene rings is 2. The largest absolute Gasteiger partial charge is 0.493 e. The summed E-state index contributed by atoms with van der Waals surface area (Å²) < 4.78 is 16.0. The smallest absolute Gasteiger partial charge is 0.328 e. The Kier molecular flexibility index (Phi) is 7.59. The van der Waals surface area contributed by atoms with Gasteiger partial charge >= 0.3 is 5.97 Å². The summed E-state index contributed by atoms with van der Waals surface area (Å²) in [6, 6.07) is 10.7. The summed E-state index contributed by atoms with van der Waals surface area (Å²) in [6.45, 7) is 0.234. The lowest BCUT2D eigenvalue weighted by Gasteiger charge is -2.24. The van der Waals surface area contributed by atoms with Crippen molar-refractivity contribution in [1.82, 2.24) is 4.90 Å². The van der Waals surface area contributed by atoms with Gasteiger partial charge in [-0.3, -0.25) is 4.79 Å². The maximum Gasteiger partial charge on any atom is 0.328 e. The summed E-state index contributed by atoms with van der Waals surface area (Å²) >= 11 is 0. The van der Waals surface area contributed by atoms with Gasteiger partial charge in [0.15, 0.2) is 11.5 Å². The second kappa shape index (κ2) is 10.8. The summed E-state index contributed by atoms with van der Waals surface area (Å²) in [5.74, 6) is -0.722. The first kappa shape index (κ1) is 23.3. The van der Waals surface area contributed by atoms with E-state index in [0.717, 1.165) is 5.56 Å². The van der Waals surface area contributed by atoms with Gasteiger partial charge in [0, 0.05) is 16.4 Å². The highest BCUT2D eigenvalue weighted by Crippen LogP contribution is 2.37. The average Bonchev–Trinajstić information content (AvgIpc) is 3.27. The number of carbonyl (C=O) groups excluding carboxylic acids is 2. The number of ether oxygens (including phenoxy) is 3. The van der Waals surface area contributed by atoms with Crippen LogP contribution in [0.2, 0.25) is 0 Å². The Balaban J connectivity index is 1.96. The molecule has 2 aromatic rings. The van der Waals surface area contributed by atoms with E-state index in [9.17, 15) is 9.59 Å². The van der Waals surface area contributed by atoms with Crippen molar-refractivity contribution in [1.29, 1.82) is 0 Å². The van der Waals surface area contributed by atoms with Gasteiger partial charge in [-0.2, -0.15) is 0 Å². The highest BCUT2D eigenvalue weighted by Gasteiger charge is 2.41. The van der Waals surface area contributed by atoms with Gasteiger partial charge in [-0.05, 0) is 35.2 Å². The molecule has 0 unspecified atom stereocenters. The molecule has 0 N–H and O–H groups in total. The van der Waals surface area contributed by atoms with Crippen LogP contribution in [0.5, 0.6) is 11.5 Å². The normalized spacial score (nSPS) is 16.8. The van der Waals surface area contributed by atoms with Crippen LogP contribution in [0, 0.1) is 0 Å². The van der Waals surface area contributed by atoms with Crippen LogP contribution in [0.3, 0.4) is 0 Å². The van der Waals surface area contributed by atoms with Gasteiger partial charge in [-0.15, -0.1) is 0 Å². The third-order valence-electron chi connectivity index (χ3n) is 5.13. The van der Waals surface area contributed by atoms with E-state index in [4.69, 9.17) is 25.3 Å². The minimum atomic E-state index is -0.947. The minimum absolute atomic E-state index is 0.00205. The van der Waals surface area contributed by atoms with E-state index in [1.165, 1.54) is 31.3 Å². The maximum atomic E-state index is 13.4. The molecule has 1 saturated heterocycles. The molecule has 12 heteroatoms. The molecule has 1 aliphatic rings. The fraction of sp³-hybridized carbons (Fsp3) is 0.333. The van der Waals surface area contributed by atoms with Gasteiger partial charge in [0.1, 0.15) is 12.6 Å². The van der Waals surface area contributed by atoms with E-state index >= 15 is 0 Å². The third kappa shape index (κ3) is 5.27. The molecule has 0 spiro atoms. The number of rotatable bonds is 8. The SMILES string of the molecule is COC(=O)[C@@H]1C[C@@H](N=[N+]=[N-])CN1C(=O)c1cc(OC)c(OCc2ccccc2)cc1N=[N+]=[N-]. The second-order valence-electron chi connectivity index (χ2n) is 7.07. The standard InChI is InChI=1S/C21H21N7O5/c1-31-18-9-15(20(29)28-11-14(24-26-22)8-17(28)21(30)32-2)16(25-27-23)10-19(18)33-12-13-6-4-3-5-7-13/h3-7,9-10,14,17H,8,11-12H2,1-2H3/t14-,17+/m1/s1. The molecule has 1 amide bonds. The van der Waals surface area contributed by atoms with Gasteiger partial charge in [0.05, 0.1) is 31.5 Å². The molecule has 2 aromatic carbocycles. The first-order chi connectivity index (χ1) is 16.0. The Labute approximate surface area is 188 Å². The van der Waals surface area contributed by atoms with Crippen molar-refractivity contribution in [3.8, 4) is 11.5 Å². The van der Waals surface area contributed by atoms with Crippen molar-refractivity contribution in [2.45, 2.75) is 25.1 Å². The molecule has 1 heterocycles. The average molecular weight is 451 g/mol. The highest BCUT2D eigenvalue weighted by atomic mass is 16.5. The Morgan fingerprint density at radius 2 is 1.88 bits per heavy atom. The van der Waals surface area contributed by atoms with Crippen molar-refractivity contribution in [2.24, 2.45) is 10.2 Å². The molecular weight excluding hydrogens is 430 g/mol. The third-order valence-corrected chi connectivity index (χ3v) is 5.13. The summed E-state index contributed by atoms with van der Waals surface area (Å²) in [4.78, 5) is 32.4. The molecule has 0 aromatic heterocycles. The number of carbonyl (C=O) groups is 2. The molecule has 1 aliphatic heterocycles. The van der Waals surface area contributed by atoms with Gasteiger partial charge in [-0.25, -0.2) is 4.79 Å². The minimum Gasteiger partial charge on any atom is -0.493 e. The molecule has 0 bridgehead atoms. The number of methoxy groups -OCH3 is 2. The Morgan fingerprint density at radius 3 is 2.52 bits per heavy atom. The number of amides is 1. The lowest BCUT2D eigenvalue weighted by Crippen LogP contribution is -2.41. The van der Waals surface area contributed by atoms with E-state index in [-0.39, 0.29) is 42.3 Å².